The van der Waals surface area contributed by atoms with Gasteiger partial charge < -0.3 is 10.4 Å². The molecular weight excluding hydrogens is 322 g/mol. The van der Waals surface area contributed by atoms with E-state index in [0.717, 1.165) is 4.31 Å². The van der Waals surface area contributed by atoms with E-state index in [1.54, 1.807) is 0 Å². The van der Waals surface area contributed by atoms with Gasteiger partial charge in [0.25, 0.3) is 0 Å². The Bertz CT molecular complexity index is 530. The minimum Gasteiger partial charge on any atom is -0.480 e. The van der Waals surface area contributed by atoms with Gasteiger partial charge in [-0.1, -0.05) is 0 Å². The lowest BCUT2D eigenvalue weighted by Gasteiger charge is -2.36. The van der Waals surface area contributed by atoms with E-state index in [4.69, 9.17) is 5.11 Å². The predicted octanol–water partition coefficient (Wildman–Crippen LogP) is 0.273. The van der Waals surface area contributed by atoms with Crippen molar-refractivity contribution in [3.63, 3.8) is 0 Å². The van der Waals surface area contributed by atoms with Crippen LogP contribution in [0.3, 0.4) is 0 Å². The van der Waals surface area contributed by atoms with Gasteiger partial charge in [-0.15, -0.1) is 0 Å². The number of nitrogens with one attached hydrogen (secondary N) is 1. The molecule has 1 rings (SSSR count). The Balaban J connectivity index is 2.75. The van der Waals surface area contributed by atoms with Crippen LogP contribution in [-0.2, 0) is 19.6 Å². The molecule has 0 saturated heterocycles. The smallest absolute Gasteiger partial charge is 0.321 e. The lowest BCUT2D eigenvalue weighted by Crippen LogP contribution is -2.50. The van der Waals surface area contributed by atoms with Crippen LogP contribution in [0.2, 0.25) is 0 Å². The van der Waals surface area contributed by atoms with E-state index in [9.17, 15) is 26.8 Å². The molecule has 1 amide bonds. The largest absolute Gasteiger partial charge is 0.480 e. The topological polar surface area (TPSA) is 104 Å². The van der Waals surface area contributed by atoms with Crippen molar-refractivity contribution in [2.75, 3.05) is 18.8 Å². The Labute approximate surface area is 127 Å². The van der Waals surface area contributed by atoms with Crippen LogP contribution in [0.25, 0.3) is 0 Å². The minimum absolute atomic E-state index is 0.0486. The third-order valence-corrected chi connectivity index (χ3v) is 5.58. The number of carboxylic acid groups (broad SMARTS) is 1. The summed E-state index contributed by atoms with van der Waals surface area (Å²) in [5.74, 6) is -5.74. The fraction of sp³-hybridized carbons (Fsp3) is 0.833. The van der Waals surface area contributed by atoms with Gasteiger partial charge in [0.2, 0.25) is 21.9 Å². The second-order valence-corrected chi connectivity index (χ2v) is 7.48. The van der Waals surface area contributed by atoms with Crippen LogP contribution in [0.15, 0.2) is 0 Å². The number of sulfonamides is 1. The van der Waals surface area contributed by atoms with Gasteiger partial charge >= 0.3 is 5.97 Å². The number of alkyl halides is 2. The Morgan fingerprint density at radius 3 is 2.36 bits per heavy atom. The van der Waals surface area contributed by atoms with Crippen LogP contribution < -0.4 is 5.32 Å². The van der Waals surface area contributed by atoms with Gasteiger partial charge in [0.1, 0.15) is 6.04 Å². The van der Waals surface area contributed by atoms with Gasteiger partial charge in [0.05, 0.1) is 5.75 Å². The Hall–Kier alpha value is -1.29. The number of nitrogens with zero attached hydrogens (tertiary/aromatic N) is 1. The highest BCUT2D eigenvalue weighted by Crippen LogP contribution is 2.43. The molecule has 0 spiro atoms. The van der Waals surface area contributed by atoms with Gasteiger partial charge in [0.15, 0.2) is 0 Å². The quantitative estimate of drug-likeness (QED) is 0.659. The SMILES string of the molecule is CC(=O)NCCN(C(C)C(=O)O)S(=O)(=O)CC1CC(F)(F)C1. The molecule has 1 atom stereocenters. The molecular formula is C12H20F2N2O5S. The molecule has 1 aliphatic carbocycles. The summed E-state index contributed by atoms with van der Waals surface area (Å²) in [4.78, 5) is 21.8. The molecule has 2 N–H and O–H groups in total. The lowest BCUT2D eigenvalue weighted by molar-refractivity contribution is -0.141. The van der Waals surface area contributed by atoms with E-state index in [1.165, 1.54) is 13.8 Å². The molecule has 10 heteroatoms. The van der Waals surface area contributed by atoms with Crippen molar-refractivity contribution >= 4 is 21.9 Å². The average Bonchev–Trinajstić information content (AvgIpc) is 2.30. The fourth-order valence-corrected chi connectivity index (χ4v) is 4.30. The molecule has 7 nitrogen and oxygen atoms in total. The summed E-state index contributed by atoms with van der Waals surface area (Å²) in [7, 11) is -4.01. The van der Waals surface area contributed by atoms with Gasteiger partial charge in [-0.2, -0.15) is 4.31 Å². The van der Waals surface area contributed by atoms with E-state index >= 15 is 0 Å². The van der Waals surface area contributed by atoms with E-state index in [0.29, 0.717) is 0 Å². The zero-order chi connectivity index (χ0) is 17.1. The Morgan fingerprint density at radius 2 is 1.95 bits per heavy atom. The molecule has 0 heterocycles. The number of aliphatic carboxylic acids is 1. The summed E-state index contributed by atoms with van der Waals surface area (Å²) >= 11 is 0. The molecule has 0 radical (unpaired) electrons. The first-order chi connectivity index (χ1) is 9.94. The molecule has 128 valence electrons. The van der Waals surface area contributed by atoms with Crippen LogP contribution in [0.4, 0.5) is 8.78 Å². The highest BCUT2D eigenvalue weighted by Gasteiger charge is 2.48. The maximum Gasteiger partial charge on any atom is 0.321 e. The van der Waals surface area contributed by atoms with Crippen molar-refractivity contribution in [2.24, 2.45) is 5.92 Å². The second kappa shape index (κ2) is 6.86. The Kier molecular flexibility index (Phi) is 5.85. The van der Waals surface area contributed by atoms with Gasteiger partial charge in [-0.3, -0.25) is 9.59 Å². The monoisotopic (exact) mass is 342 g/mol. The first-order valence-electron chi connectivity index (χ1n) is 6.79. The van der Waals surface area contributed by atoms with Crippen LogP contribution >= 0.6 is 0 Å². The normalized spacial score (nSPS) is 19.5. The van der Waals surface area contributed by atoms with Gasteiger partial charge in [-0.25, -0.2) is 17.2 Å². The number of rotatable bonds is 8. The molecule has 1 fully saturated rings. The molecule has 1 saturated carbocycles. The summed E-state index contributed by atoms with van der Waals surface area (Å²) < 4.78 is 50.9. The number of carbonyl (C=O) groups is 2. The van der Waals surface area contributed by atoms with Crippen molar-refractivity contribution in [1.29, 1.82) is 0 Å². The lowest BCUT2D eigenvalue weighted by atomic mass is 9.83. The second-order valence-electron chi connectivity index (χ2n) is 5.52. The van der Waals surface area contributed by atoms with Crippen molar-refractivity contribution in [3.05, 3.63) is 0 Å². The van der Waals surface area contributed by atoms with E-state index in [-0.39, 0.29) is 19.0 Å². The highest BCUT2D eigenvalue weighted by atomic mass is 32.2. The maximum absolute atomic E-state index is 12.8. The third-order valence-electron chi connectivity index (χ3n) is 3.47. The van der Waals surface area contributed by atoms with Gasteiger partial charge in [0, 0.05) is 32.9 Å². The van der Waals surface area contributed by atoms with Crippen molar-refractivity contribution in [1.82, 2.24) is 9.62 Å². The summed E-state index contributed by atoms with van der Waals surface area (Å²) in [6, 6.07) is -1.33. The Morgan fingerprint density at radius 1 is 1.41 bits per heavy atom. The molecule has 0 aliphatic heterocycles. The summed E-state index contributed by atoms with van der Waals surface area (Å²) in [5.41, 5.74) is 0. The van der Waals surface area contributed by atoms with Gasteiger partial charge in [-0.05, 0) is 12.8 Å². The van der Waals surface area contributed by atoms with E-state index in [2.05, 4.69) is 5.32 Å². The molecule has 0 aromatic rings. The average molecular weight is 342 g/mol. The molecule has 0 aromatic carbocycles. The first kappa shape index (κ1) is 18.8. The van der Waals surface area contributed by atoms with Crippen LogP contribution in [0, 0.1) is 5.92 Å². The minimum atomic E-state index is -4.01. The fourth-order valence-electron chi connectivity index (χ4n) is 2.34. The first-order valence-corrected chi connectivity index (χ1v) is 8.40. The molecule has 1 unspecified atom stereocenters. The van der Waals surface area contributed by atoms with Crippen LogP contribution in [-0.4, -0.2) is 60.5 Å². The zero-order valence-electron chi connectivity index (χ0n) is 12.4. The number of amides is 1. The molecule has 0 aromatic heterocycles. The molecule has 22 heavy (non-hydrogen) atoms. The number of carbonyl (C=O) groups excluding carboxylic acids is 1. The summed E-state index contributed by atoms with van der Waals surface area (Å²) in [5, 5.41) is 11.4. The van der Waals surface area contributed by atoms with E-state index in [1.807, 2.05) is 0 Å². The third kappa shape index (κ3) is 5.16. The number of halogens is 2. The summed E-state index contributed by atoms with van der Waals surface area (Å²) in [6.07, 6.45) is -1.01. The van der Waals surface area contributed by atoms with E-state index < -0.39 is 52.5 Å². The predicted molar refractivity (Wildman–Crippen MR) is 73.9 cm³/mol. The standard InChI is InChI=1S/C12H20F2N2O5S/c1-8(11(18)19)16(4-3-15-9(2)17)22(20,21)7-10-5-12(13,14)6-10/h8,10H,3-7H2,1-2H3,(H,15,17)(H,18,19). The summed E-state index contributed by atoms with van der Waals surface area (Å²) in [6.45, 7) is 2.17. The molecule has 1 aliphatic rings. The number of hydrogen-bond acceptors (Lipinski definition) is 4. The van der Waals surface area contributed by atoms with Crippen molar-refractivity contribution in [2.45, 2.75) is 38.7 Å². The van der Waals surface area contributed by atoms with Crippen LogP contribution in [0.5, 0.6) is 0 Å². The van der Waals surface area contributed by atoms with Crippen molar-refractivity contribution in [3.8, 4) is 0 Å². The number of hydrogen-bond donors (Lipinski definition) is 2. The van der Waals surface area contributed by atoms with Crippen molar-refractivity contribution < 1.29 is 31.9 Å². The van der Waals surface area contributed by atoms with Crippen LogP contribution in [0.1, 0.15) is 26.7 Å². The maximum atomic E-state index is 12.8. The zero-order valence-corrected chi connectivity index (χ0v) is 13.2. The number of carboxylic acids is 1. The molecule has 0 bridgehead atoms. The highest BCUT2D eigenvalue weighted by molar-refractivity contribution is 7.89.